The van der Waals surface area contributed by atoms with Gasteiger partial charge in [0.05, 0.1) is 24.3 Å². The van der Waals surface area contributed by atoms with Crippen LogP contribution >= 0.6 is 0 Å². The fraction of sp³-hybridized carbons (Fsp3) is 0.333. The normalized spacial score (nSPS) is 12.5. The second kappa shape index (κ2) is 9.56. The number of nitrogens with one attached hydrogen (secondary N) is 1. The van der Waals surface area contributed by atoms with Crippen LogP contribution in [0.3, 0.4) is 0 Å². The van der Waals surface area contributed by atoms with Gasteiger partial charge < -0.3 is 10.2 Å². The van der Waals surface area contributed by atoms with E-state index in [-0.39, 0.29) is 30.7 Å². The van der Waals surface area contributed by atoms with Gasteiger partial charge in [0, 0.05) is 13.1 Å². The lowest BCUT2D eigenvalue weighted by Crippen LogP contribution is -2.41. The zero-order chi connectivity index (χ0) is 21.6. The van der Waals surface area contributed by atoms with E-state index in [9.17, 15) is 22.8 Å². The molecule has 0 fully saturated rings. The lowest BCUT2D eigenvalue weighted by Gasteiger charge is -2.27. The summed E-state index contributed by atoms with van der Waals surface area (Å²) in [6, 6.07) is 14.4. The molecular weight excluding hydrogens is 383 g/mol. The van der Waals surface area contributed by atoms with E-state index in [0.29, 0.717) is 0 Å². The molecule has 156 valence electrons. The number of para-hydroxylation sites is 1. The van der Waals surface area contributed by atoms with Crippen LogP contribution in [0, 0.1) is 0 Å². The van der Waals surface area contributed by atoms with Crippen LogP contribution in [0.5, 0.6) is 0 Å². The molecule has 1 unspecified atom stereocenters. The quantitative estimate of drug-likeness (QED) is 0.760. The van der Waals surface area contributed by atoms with Crippen molar-refractivity contribution in [3.05, 3.63) is 65.7 Å². The number of nitrogens with zero attached hydrogens (tertiary/aromatic N) is 2. The van der Waals surface area contributed by atoms with E-state index in [0.717, 1.165) is 11.6 Å². The fourth-order valence-corrected chi connectivity index (χ4v) is 2.79. The van der Waals surface area contributed by atoms with Crippen molar-refractivity contribution < 1.29 is 22.8 Å². The molecule has 0 aromatic heterocycles. The van der Waals surface area contributed by atoms with Gasteiger partial charge in [-0.1, -0.05) is 42.5 Å². The van der Waals surface area contributed by atoms with Gasteiger partial charge in [-0.3, -0.25) is 14.5 Å². The Bertz CT molecular complexity index is 841. The van der Waals surface area contributed by atoms with E-state index < -0.39 is 17.6 Å². The van der Waals surface area contributed by atoms with Crippen molar-refractivity contribution in [1.29, 1.82) is 0 Å². The maximum atomic E-state index is 13.0. The van der Waals surface area contributed by atoms with Crippen molar-refractivity contribution in [2.45, 2.75) is 19.1 Å². The standard InChI is InChI=1S/C21H24F3N3O2/c1-15(16-9-5-4-6-10-16)26(2)14-20(29)27(3)13-19(28)25-18-12-8-7-11-17(18)21(22,23)24/h4-12,15H,13-14H2,1-3H3,(H,25,28). The minimum atomic E-state index is -4.58. The Morgan fingerprint density at radius 1 is 0.966 bits per heavy atom. The van der Waals surface area contributed by atoms with E-state index in [1.165, 1.54) is 30.1 Å². The summed E-state index contributed by atoms with van der Waals surface area (Å²) in [6.45, 7) is 1.68. The van der Waals surface area contributed by atoms with Crippen molar-refractivity contribution in [2.24, 2.45) is 0 Å². The first-order chi connectivity index (χ1) is 13.6. The Morgan fingerprint density at radius 3 is 2.17 bits per heavy atom. The number of rotatable bonds is 7. The minimum Gasteiger partial charge on any atom is -0.335 e. The highest BCUT2D eigenvalue weighted by molar-refractivity contribution is 5.95. The van der Waals surface area contributed by atoms with Gasteiger partial charge in [0.15, 0.2) is 0 Å². The molecule has 2 amide bonds. The van der Waals surface area contributed by atoms with Crippen LogP contribution in [-0.2, 0) is 15.8 Å². The molecule has 0 aliphatic heterocycles. The van der Waals surface area contributed by atoms with Crippen molar-refractivity contribution in [3.8, 4) is 0 Å². The Morgan fingerprint density at radius 2 is 1.55 bits per heavy atom. The molecule has 0 heterocycles. The van der Waals surface area contributed by atoms with E-state index in [4.69, 9.17) is 0 Å². The summed E-state index contributed by atoms with van der Waals surface area (Å²) >= 11 is 0. The van der Waals surface area contributed by atoms with E-state index in [1.54, 1.807) is 7.05 Å². The third-order valence-corrected chi connectivity index (χ3v) is 4.64. The Kier molecular flexibility index (Phi) is 7.39. The zero-order valence-corrected chi connectivity index (χ0v) is 16.5. The monoisotopic (exact) mass is 407 g/mol. The highest BCUT2D eigenvalue weighted by Crippen LogP contribution is 2.34. The van der Waals surface area contributed by atoms with Crippen LogP contribution in [0.4, 0.5) is 18.9 Å². The van der Waals surface area contributed by atoms with Gasteiger partial charge >= 0.3 is 6.18 Å². The number of hydrogen-bond acceptors (Lipinski definition) is 3. The van der Waals surface area contributed by atoms with Gasteiger partial charge in [-0.2, -0.15) is 13.2 Å². The summed E-state index contributed by atoms with van der Waals surface area (Å²) < 4.78 is 39.1. The number of carbonyl (C=O) groups excluding carboxylic acids is 2. The van der Waals surface area contributed by atoms with Crippen molar-refractivity contribution in [1.82, 2.24) is 9.80 Å². The predicted octanol–water partition coefficient (Wildman–Crippen LogP) is 3.80. The topological polar surface area (TPSA) is 52.7 Å². The summed E-state index contributed by atoms with van der Waals surface area (Å²) in [4.78, 5) is 27.6. The third kappa shape index (κ3) is 6.32. The molecule has 2 rings (SSSR count). The number of carbonyl (C=O) groups is 2. The average Bonchev–Trinajstić information content (AvgIpc) is 2.67. The van der Waals surface area contributed by atoms with Crippen LogP contribution in [0.15, 0.2) is 54.6 Å². The predicted molar refractivity (Wildman–Crippen MR) is 105 cm³/mol. The second-order valence-corrected chi connectivity index (χ2v) is 6.84. The number of likely N-dealkylation sites (N-methyl/N-ethyl adjacent to an activating group) is 2. The molecule has 1 N–H and O–H groups in total. The van der Waals surface area contributed by atoms with E-state index in [2.05, 4.69) is 5.32 Å². The Labute approximate surface area is 168 Å². The maximum absolute atomic E-state index is 13.0. The molecule has 2 aromatic carbocycles. The molecule has 0 radical (unpaired) electrons. The maximum Gasteiger partial charge on any atom is 0.418 e. The van der Waals surface area contributed by atoms with Crippen LogP contribution in [0.25, 0.3) is 0 Å². The van der Waals surface area contributed by atoms with Gasteiger partial charge in [-0.25, -0.2) is 0 Å². The van der Waals surface area contributed by atoms with E-state index in [1.807, 2.05) is 42.2 Å². The molecule has 29 heavy (non-hydrogen) atoms. The zero-order valence-electron chi connectivity index (χ0n) is 16.5. The lowest BCUT2D eigenvalue weighted by molar-refractivity contribution is -0.137. The molecule has 2 aromatic rings. The third-order valence-electron chi connectivity index (χ3n) is 4.64. The number of hydrogen-bond donors (Lipinski definition) is 1. The summed E-state index contributed by atoms with van der Waals surface area (Å²) in [5.41, 5.74) is -0.216. The molecule has 8 heteroatoms. The molecule has 1 atom stereocenters. The summed E-state index contributed by atoms with van der Waals surface area (Å²) in [6.07, 6.45) is -4.58. The number of benzene rings is 2. The Balaban J connectivity index is 1.93. The van der Waals surface area contributed by atoms with Crippen molar-refractivity contribution >= 4 is 17.5 Å². The Hall–Kier alpha value is -2.87. The first-order valence-electron chi connectivity index (χ1n) is 9.05. The molecule has 0 bridgehead atoms. The number of alkyl halides is 3. The van der Waals surface area contributed by atoms with Gasteiger partial charge in [0.1, 0.15) is 0 Å². The smallest absolute Gasteiger partial charge is 0.335 e. The number of halogens is 3. The lowest BCUT2D eigenvalue weighted by atomic mass is 10.1. The first kappa shape index (κ1) is 22.4. The van der Waals surface area contributed by atoms with E-state index >= 15 is 0 Å². The minimum absolute atomic E-state index is 0.0129. The fourth-order valence-electron chi connectivity index (χ4n) is 2.79. The highest BCUT2D eigenvalue weighted by Gasteiger charge is 2.33. The van der Waals surface area contributed by atoms with Crippen molar-refractivity contribution in [3.63, 3.8) is 0 Å². The SMILES string of the molecule is CC(c1ccccc1)N(C)CC(=O)N(C)CC(=O)Nc1ccccc1C(F)(F)F. The number of amides is 2. The summed E-state index contributed by atoms with van der Waals surface area (Å²) in [5, 5.41) is 2.24. The molecule has 0 spiro atoms. The van der Waals surface area contributed by atoms with Crippen LogP contribution in [-0.4, -0.2) is 48.8 Å². The number of anilines is 1. The second-order valence-electron chi connectivity index (χ2n) is 6.84. The van der Waals surface area contributed by atoms with Gasteiger partial charge in [-0.15, -0.1) is 0 Å². The first-order valence-corrected chi connectivity index (χ1v) is 9.05. The molecule has 0 saturated carbocycles. The van der Waals surface area contributed by atoms with Crippen LogP contribution in [0.2, 0.25) is 0 Å². The van der Waals surface area contributed by atoms with Crippen LogP contribution in [0.1, 0.15) is 24.1 Å². The summed E-state index contributed by atoms with van der Waals surface area (Å²) in [7, 11) is 3.24. The average molecular weight is 407 g/mol. The molecule has 0 saturated heterocycles. The van der Waals surface area contributed by atoms with Crippen LogP contribution < -0.4 is 5.32 Å². The van der Waals surface area contributed by atoms with Gasteiger partial charge in [-0.05, 0) is 31.7 Å². The molecule has 0 aliphatic rings. The molecule has 0 aliphatic carbocycles. The van der Waals surface area contributed by atoms with Gasteiger partial charge in [0.25, 0.3) is 0 Å². The van der Waals surface area contributed by atoms with Gasteiger partial charge in [0.2, 0.25) is 11.8 Å². The molecule has 5 nitrogen and oxygen atoms in total. The largest absolute Gasteiger partial charge is 0.418 e. The van der Waals surface area contributed by atoms with Crippen molar-refractivity contribution in [2.75, 3.05) is 32.5 Å². The molecular formula is C21H24F3N3O2. The highest BCUT2D eigenvalue weighted by atomic mass is 19.4. The summed E-state index contributed by atoms with van der Waals surface area (Å²) in [5.74, 6) is -1.01.